The molecule has 9 nitrogen and oxygen atoms in total. The van der Waals surface area contributed by atoms with E-state index < -0.39 is 17.9 Å². The summed E-state index contributed by atoms with van der Waals surface area (Å²) in [4.78, 5) is 33.1. The summed E-state index contributed by atoms with van der Waals surface area (Å²) in [6, 6.07) is 6.87. The van der Waals surface area contributed by atoms with Crippen molar-refractivity contribution in [3.63, 3.8) is 0 Å². The number of aryl methyl sites for hydroxylation is 2. The lowest BCUT2D eigenvalue weighted by atomic mass is 10.1. The molecule has 0 saturated heterocycles. The fourth-order valence-electron chi connectivity index (χ4n) is 3.00. The normalized spacial score (nSPS) is 11.6. The van der Waals surface area contributed by atoms with E-state index in [0.717, 1.165) is 16.7 Å². The van der Waals surface area contributed by atoms with E-state index >= 15 is 0 Å². The van der Waals surface area contributed by atoms with E-state index in [1.807, 2.05) is 26.0 Å². The topological polar surface area (TPSA) is 116 Å². The number of methoxy groups -OCH3 is 1. The lowest BCUT2D eigenvalue weighted by Gasteiger charge is -2.14. The van der Waals surface area contributed by atoms with Crippen LogP contribution in [-0.2, 0) is 4.79 Å². The zero-order valence-corrected chi connectivity index (χ0v) is 18.1. The number of nitrogens with zero attached hydrogens (tertiary/aromatic N) is 3. The van der Waals surface area contributed by atoms with Gasteiger partial charge in [0.25, 0.3) is 5.91 Å². The highest BCUT2D eigenvalue weighted by atomic mass is 16.6. The van der Waals surface area contributed by atoms with Gasteiger partial charge < -0.3 is 19.3 Å². The number of benzene rings is 1. The van der Waals surface area contributed by atoms with Crippen molar-refractivity contribution in [2.75, 3.05) is 7.11 Å². The molecule has 2 heterocycles. The number of hydrogen-bond acceptors (Lipinski definition) is 8. The Morgan fingerprint density at radius 1 is 1.19 bits per heavy atom. The fourth-order valence-corrected chi connectivity index (χ4v) is 3.00. The largest absolute Gasteiger partial charge is 0.493 e. The summed E-state index contributed by atoms with van der Waals surface area (Å²) in [6.45, 7) is 7.33. The Bertz CT molecular complexity index is 1090. The van der Waals surface area contributed by atoms with Gasteiger partial charge in [-0.3, -0.25) is 9.59 Å². The van der Waals surface area contributed by atoms with Gasteiger partial charge >= 0.3 is 5.97 Å². The first kappa shape index (κ1) is 21.9. The number of nitrogens with one attached hydrogen (secondary N) is 1. The van der Waals surface area contributed by atoms with E-state index in [9.17, 15) is 9.59 Å². The van der Waals surface area contributed by atoms with E-state index in [1.165, 1.54) is 19.4 Å². The zero-order chi connectivity index (χ0) is 22.5. The van der Waals surface area contributed by atoms with Crippen LogP contribution in [0.15, 0.2) is 35.0 Å². The monoisotopic (exact) mass is 424 g/mol. The Kier molecular flexibility index (Phi) is 6.64. The maximum atomic E-state index is 12.8. The zero-order valence-electron chi connectivity index (χ0n) is 18.1. The highest BCUT2D eigenvalue weighted by molar-refractivity contribution is 5.96. The van der Waals surface area contributed by atoms with E-state index in [-0.39, 0.29) is 29.5 Å². The smallest absolute Gasteiger partial charge is 0.311 e. The Morgan fingerprint density at radius 2 is 1.90 bits per heavy atom. The fraction of sp³-hybridized carbons (Fsp3) is 0.318. The molecule has 0 unspecified atom stereocenters. The summed E-state index contributed by atoms with van der Waals surface area (Å²) >= 11 is 0. The molecule has 3 rings (SSSR count). The molecule has 0 aliphatic heterocycles. The number of aromatic nitrogens is 3. The number of carbonyl (C=O) groups is 2. The van der Waals surface area contributed by atoms with E-state index in [1.54, 1.807) is 13.8 Å². The van der Waals surface area contributed by atoms with E-state index in [4.69, 9.17) is 14.0 Å². The molecule has 0 saturated carbocycles. The Balaban J connectivity index is 1.81. The molecule has 1 amide bonds. The number of esters is 1. The summed E-state index contributed by atoms with van der Waals surface area (Å²) < 4.78 is 15.8. The molecular weight excluding hydrogens is 400 g/mol. The summed E-state index contributed by atoms with van der Waals surface area (Å²) in [5, 5.41) is 6.76. The molecule has 0 fully saturated rings. The number of amides is 1. The Morgan fingerprint density at radius 3 is 2.55 bits per heavy atom. The van der Waals surface area contributed by atoms with Gasteiger partial charge in [0.2, 0.25) is 17.5 Å². The second kappa shape index (κ2) is 9.38. The number of rotatable bonds is 7. The minimum atomic E-state index is -0.609. The molecule has 0 spiro atoms. The summed E-state index contributed by atoms with van der Waals surface area (Å²) in [6.07, 6.45) is 1.53. The molecule has 162 valence electrons. The molecule has 0 aliphatic rings. The van der Waals surface area contributed by atoms with Crippen molar-refractivity contribution in [2.24, 2.45) is 0 Å². The van der Waals surface area contributed by atoms with Crippen molar-refractivity contribution >= 4 is 11.9 Å². The van der Waals surface area contributed by atoms with Gasteiger partial charge in [-0.1, -0.05) is 29.3 Å². The first-order valence-corrected chi connectivity index (χ1v) is 9.79. The van der Waals surface area contributed by atoms with Gasteiger partial charge in [-0.2, -0.15) is 4.98 Å². The van der Waals surface area contributed by atoms with Crippen molar-refractivity contribution in [3.8, 4) is 22.9 Å². The number of hydrogen-bond donors (Lipinski definition) is 1. The maximum Gasteiger partial charge on any atom is 0.311 e. The van der Waals surface area contributed by atoms with Crippen molar-refractivity contribution in [1.82, 2.24) is 20.4 Å². The molecule has 2 aromatic heterocycles. The summed E-state index contributed by atoms with van der Waals surface area (Å²) in [5.41, 5.74) is 2.92. The number of ether oxygens (including phenoxy) is 2. The lowest BCUT2D eigenvalue weighted by molar-refractivity contribution is -0.134. The van der Waals surface area contributed by atoms with Crippen LogP contribution >= 0.6 is 0 Å². The quantitative estimate of drug-likeness (QED) is 0.572. The molecule has 31 heavy (non-hydrogen) atoms. The number of pyridine rings is 1. The molecule has 1 aromatic carbocycles. The van der Waals surface area contributed by atoms with Gasteiger partial charge in [0.15, 0.2) is 11.4 Å². The van der Waals surface area contributed by atoms with E-state index in [2.05, 4.69) is 26.5 Å². The second-order valence-corrected chi connectivity index (χ2v) is 7.05. The highest BCUT2D eigenvalue weighted by Gasteiger charge is 2.24. The summed E-state index contributed by atoms with van der Waals surface area (Å²) in [7, 11) is 1.41. The van der Waals surface area contributed by atoms with Crippen LogP contribution in [-0.4, -0.2) is 34.1 Å². The van der Waals surface area contributed by atoms with Crippen molar-refractivity contribution in [2.45, 2.75) is 40.2 Å². The molecular formula is C22H24N4O5. The second-order valence-electron chi connectivity index (χ2n) is 7.05. The average molecular weight is 424 g/mol. The molecule has 1 N–H and O–H groups in total. The Labute approximate surface area is 179 Å². The maximum absolute atomic E-state index is 12.8. The first-order valence-electron chi connectivity index (χ1n) is 9.79. The minimum absolute atomic E-state index is 0.0389. The van der Waals surface area contributed by atoms with Gasteiger partial charge in [-0.05, 0) is 32.9 Å². The third-order valence-electron chi connectivity index (χ3n) is 4.45. The van der Waals surface area contributed by atoms with Gasteiger partial charge in [-0.15, -0.1) is 0 Å². The average Bonchev–Trinajstić information content (AvgIpc) is 3.23. The van der Waals surface area contributed by atoms with Gasteiger partial charge in [0, 0.05) is 24.2 Å². The molecule has 0 radical (unpaired) electrons. The summed E-state index contributed by atoms with van der Waals surface area (Å²) in [5.74, 6) is -0.232. The van der Waals surface area contributed by atoms with E-state index in [0.29, 0.717) is 5.82 Å². The van der Waals surface area contributed by atoms with Crippen LogP contribution in [0.25, 0.3) is 11.4 Å². The Hall–Kier alpha value is -3.75. The van der Waals surface area contributed by atoms with Crippen molar-refractivity contribution in [3.05, 3.63) is 53.2 Å². The highest BCUT2D eigenvalue weighted by Crippen LogP contribution is 2.30. The molecule has 0 bridgehead atoms. The van der Waals surface area contributed by atoms with Crippen LogP contribution in [0.4, 0.5) is 0 Å². The predicted octanol–water partition coefficient (Wildman–Crippen LogP) is 3.56. The predicted molar refractivity (Wildman–Crippen MR) is 112 cm³/mol. The van der Waals surface area contributed by atoms with Crippen LogP contribution in [0.5, 0.6) is 11.5 Å². The van der Waals surface area contributed by atoms with Crippen LogP contribution in [0, 0.1) is 13.8 Å². The third kappa shape index (κ3) is 5.06. The standard InChI is InChI=1S/C22H24N4O5/c1-6-17(27)30-19-16(29-5)7-8-23-18(19)21(28)24-14(4)22-25-20(26-31-22)15-10-12(2)9-13(3)11-15/h7-11,14H,6H2,1-5H3,(H,24,28)/t14-/m0/s1. The lowest BCUT2D eigenvalue weighted by Crippen LogP contribution is -2.28. The van der Waals surface area contributed by atoms with Crippen LogP contribution < -0.4 is 14.8 Å². The van der Waals surface area contributed by atoms with Gasteiger partial charge in [0.05, 0.1) is 7.11 Å². The van der Waals surface area contributed by atoms with Gasteiger partial charge in [0.1, 0.15) is 6.04 Å². The van der Waals surface area contributed by atoms with Crippen molar-refractivity contribution in [1.29, 1.82) is 0 Å². The minimum Gasteiger partial charge on any atom is -0.493 e. The van der Waals surface area contributed by atoms with Crippen LogP contribution in [0.3, 0.4) is 0 Å². The number of carbonyl (C=O) groups excluding carboxylic acids is 2. The molecule has 0 aliphatic carbocycles. The van der Waals surface area contributed by atoms with Crippen LogP contribution in [0.2, 0.25) is 0 Å². The van der Waals surface area contributed by atoms with Crippen LogP contribution in [0.1, 0.15) is 53.8 Å². The first-order chi connectivity index (χ1) is 14.8. The third-order valence-corrected chi connectivity index (χ3v) is 4.45. The molecule has 9 heteroatoms. The molecule has 3 aromatic rings. The molecule has 1 atom stereocenters. The SMILES string of the molecule is CCC(=O)Oc1c(OC)ccnc1C(=O)N[C@@H](C)c1nc(-c2cc(C)cc(C)c2)no1. The van der Waals surface area contributed by atoms with Gasteiger partial charge in [-0.25, -0.2) is 4.98 Å². The van der Waals surface area contributed by atoms with Crippen molar-refractivity contribution < 1.29 is 23.6 Å².